The number of hydrogen-bond acceptors (Lipinski definition) is 2. The van der Waals surface area contributed by atoms with Gasteiger partial charge in [-0.15, -0.1) is 0 Å². The van der Waals surface area contributed by atoms with Gasteiger partial charge in [0.05, 0.1) is 18.6 Å². The standard InChI is InChI=1S/C16H20BrNO2/c1-8-9(2)20-10(3)15(8)16(17)11-4-5-13-12(6-11)7-14(19)18-13/h4-6,8-10,15-16H,7H2,1-3H3,(H,18,19). The van der Waals surface area contributed by atoms with Crippen molar-refractivity contribution in [2.75, 3.05) is 5.32 Å². The Bertz CT molecular complexity index is 545. The summed E-state index contributed by atoms with van der Waals surface area (Å²) in [6.45, 7) is 6.55. The van der Waals surface area contributed by atoms with Crippen LogP contribution in [0.25, 0.3) is 0 Å². The first-order chi connectivity index (χ1) is 9.47. The van der Waals surface area contributed by atoms with Crippen LogP contribution in [-0.2, 0) is 16.0 Å². The van der Waals surface area contributed by atoms with E-state index in [2.05, 4.69) is 54.2 Å². The fraction of sp³-hybridized carbons (Fsp3) is 0.562. The van der Waals surface area contributed by atoms with E-state index in [9.17, 15) is 4.79 Å². The van der Waals surface area contributed by atoms with Crippen molar-refractivity contribution in [3.8, 4) is 0 Å². The van der Waals surface area contributed by atoms with Gasteiger partial charge >= 0.3 is 0 Å². The highest BCUT2D eigenvalue weighted by Gasteiger charge is 2.41. The van der Waals surface area contributed by atoms with Crippen molar-refractivity contribution in [1.82, 2.24) is 0 Å². The molecule has 2 aliphatic heterocycles. The number of benzene rings is 1. The van der Waals surface area contributed by atoms with Crippen LogP contribution in [0.5, 0.6) is 0 Å². The maximum Gasteiger partial charge on any atom is 0.228 e. The zero-order valence-electron chi connectivity index (χ0n) is 12.0. The molecular formula is C16H20BrNO2. The first kappa shape index (κ1) is 14.1. The van der Waals surface area contributed by atoms with E-state index in [-0.39, 0.29) is 16.8 Å². The van der Waals surface area contributed by atoms with Gasteiger partial charge in [0.25, 0.3) is 0 Å². The molecule has 2 heterocycles. The minimum atomic E-state index is 0.0860. The smallest absolute Gasteiger partial charge is 0.228 e. The predicted octanol–water partition coefficient (Wildman–Crippen LogP) is 3.68. The Kier molecular flexibility index (Phi) is 3.63. The molecule has 1 aromatic carbocycles. The Hall–Kier alpha value is -0.870. The average molecular weight is 338 g/mol. The van der Waals surface area contributed by atoms with Crippen molar-refractivity contribution in [1.29, 1.82) is 0 Å². The second-order valence-corrected chi connectivity index (χ2v) is 7.01. The van der Waals surface area contributed by atoms with Gasteiger partial charge in [-0.2, -0.15) is 0 Å². The summed E-state index contributed by atoms with van der Waals surface area (Å²) in [6.07, 6.45) is 1.04. The van der Waals surface area contributed by atoms with E-state index < -0.39 is 0 Å². The van der Waals surface area contributed by atoms with Crippen molar-refractivity contribution >= 4 is 27.5 Å². The monoisotopic (exact) mass is 337 g/mol. The second-order valence-electron chi connectivity index (χ2n) is 6.03. The summed E-state index contributed by atoms with van der Waals surface area (Å²) >= 11 is 3.86. The Balaban J connectivity index is 1.86. The Morgan fingerprint density at radius 1 is 1.30 bits per heavy atom. The number of alkyl halides is 1. The normalized spacial score (nSPS) is 33.9. The molecule has 0 saturated carbocycles. The molecule has 1 saturated heterocycles. The SMILES string of the molecule is CC1OC(C)C(C(Br)c2ccc3c(c2)CC(=O)N3)C1C. The van der Waals surface area contributed by atoms with Crippen LogP contribution in [0.3, 0.4) is 0 Å². The van der Waals surface area contributed by atoms with Crippen LogP contribution in [0.15, 0.2) is 18.2 Å². The topological polar surface area (TPSA) is 38.3 Å². The molecule has 2 aliphatic rings. The summed E-state index contributed by atoms with van der Waals surface area (Å²) in [7, 11) is 0. The van der Waals surface area contributed by atoms with E-state index in [0.717, 1.165) is 11.3 Å². The van der Waals surface area contributed by atoms with Crippen LogP contribution < -0.4 is 5.32 Å². The molecule has 0 spiro atoms. The van der Waals surface area contributed by atoms with Gasteiger partial charge in [-0.05, 0) is 37.0 Å². The lowest BCUT2D eigenvalue weighted by atomic mass is 9.84. The van der Waals surface area contributed by atoms with Crippen molar-refractivity contribution in [3.63, 3.8) is 0 Å². The highest BCUT2D eigenvalue weighted by molar-refractivity contribution is 9.09. The minimum Gasteiger partial charge on any atom is -0.375 e. The van der Waals surface area contributed by atoms with Crippen molar-refractivity contribution in [3.05, 3.63) is 29.3 Å². The number of halogens is 1. The van der Waals surface area contributed by atoms with Gasteiger partial charge < -0.3 is 10.1 Å². The number of rotatable bonds is 2. The molecule has 3 rings (SSSR count). The van der Waals surface area contributed by atoms with Crippen molar-refractivity contribution in [2.24, 2.45) is 11.8 Å². The molecule has 3 nitrogen and oxygen atoms in total. The Morgan fingerprint density at radius 2 is 2.05 bits per heavy atom. The third kappa shape index (κ3) is 2.29. The fourth-order valence-electron chi connectivity index (χ4n) is 3.44. The van der Waals surface area contributed by atoms with Crippen molar-refractivity contribution in [2.45, 2.75) is 44.2 Å². The highest BCUT2D eigenvalue weighted by Crippen LogP contribution is 2.45. The number of nitrogens with one attached hydrogen (secondary N) is 1. The predicted molar refractivity (Wildman–Crippen MR) is 83.1 cm³/mol. The van der Waals surface area contributed by atoms with Gasteiger partial charge in [0, 0.05) is 16.4 Å². The van der Waals surface area contributed by atoms with E-state index in [1.165, 1.54) is 5.56 Å². The van der Waals surface area contributed by atoms with Crippen LogP contribution in [0.2, 0.25) is 0 Å². The lowest BCUT2D eigenvalue weighted by Crippen LogP contribution is -2.21. The Morgan fingerprint density at radius 3 is 2.70 bits per heavy atom. The summed E-state index contributed by atoms with van der Waals surface area (Å²) < 4.78 is 5.94. The number of anilines is 1. The van der Waals surface area contributed by atoms with Crippen molar-refractivity contribution < 1.29 is 9.53 Å². The van der Waals surface area contributed by atoms with Crippen LogP contribution >= 0.6 is 15.9 Å². The fourth-order valence-corrected chi connectivity index (χ4v) is 4.64. The quantitative estimate of drug-likeness (QED) is 0.836. The lowest BCUT2D eigenvalue weighted by Gasteiger charge is -2.25. The van der Waals surface area contributed by atoms with Gasteiger partial charge in [-0.1, -0.05) is 35.0 Å². The number of carbonyl (C=O) groups is 1. The molecule has 0 aromatic heterocycles. The first-order valence-corrected chi connectivity index (χ1v) is 8.11. The molecular weight excluding hydrogens is 318 g/mol. The first-order valence-electron chi connectivity index (χ1n) is 7.19. The summed E-state index contributed by atoms with van der Waals surface area (Å²) in [5.74, 6) is 1.05. The molecule has 1 fully saturated rings. The van der Waals surface area contributed by atoms with Gasteiger partial charge in [-0.25, -0.2) is 0 Å². The molecule has 0 aliphatic carbocycles. The summed E-state index contributed by atoms with van der Waals surface area (Å²) in [5, 5.41) is 2.88. The summed E-state index contributed by atoms with van der Waals surface area (Å²) in [4.78, 5) is 11.7. The third-order valence-electron chi connectivity index (χ3n) is 4.73. The minimum absolute atomic E-state index is 0.0860. The van der Waals surface area contributed by atoms with Crippen LogP contribution in [-0.4, -0.2) is 18.1 Å². The highest BCUT2D eigenvalue weighted by atomic mass is 79.9. The zero-order chi connectivity index (χ0) is 14.4. The molecule has 5 atom stereocenters. The molecule has 1 amide bonds. The number of carbonyl (C=O) groups excluding carboxylic acids is 1. The van der Waals surface area contributed by atoms with Gasteiger partial charge in [0.15, 0.2) is 0 Å². The molecule has 4 heteroatoms. The number of amides is 1. The van der Waals surface area contributed by atoms with Gasteiger partial charge in [0.2, 0.25) is 5.91 Å². The molecule has 0 bridgehead atoms. The third-order valence-corrected chi connectivity index (χ3v) is 5.87. The molecule has 20 heavy (non-hydrogen) atoms. The van der Waals surface area contributed by atoms with Gasteiger partial charge in [0.1, 0.15) is 0 Å². The van der Waals surface area contributed by atoms with E-state index >= 15 is 0 Å². The van der Waals surface area contributed by atoms with E-state index in [1.54, 1.807) is 0 Å². The summed E-state index contributed by atoms with van der Waals surface area (Å²) in [6, 6.07) is 6.26. The van der Waals surface area contributed by atoms with E-state index in [4.69, 9.17) is 4.74 Å². The lowest BCUT2D eigenvalue weighted by molar-refractivity contribution is -0.115. The average Bonchev–Trinajstić information content (AvgIpc) is 2.87. The van der Waals surface area contributed by atoms with E-state index in [0.29, 0.717) is 24.4 Å². The Labute approximate surface area is 128 Å². The van der Waals surface area contributed by atoms with Gasteiger partial charge in [-0.3, -0.25) is 4.79 Å². The molecule has 0 radical (unpaired) electrons. The zero-order valence-corrected chi connectivity index (χ0v) is 13.6. The maximum absolute atomic E-state index is 11.4. The largest absolute Gasteiger partial charge is 0.375 e. The van der Waals surface area contributed by atoms with Crippen LogP contribution in [0.4, 0.5) is 5.69 Å². The maximum atomic E-state index is 11.4. The number of fused-ring (bicyclic) bond motifs is 1. The second kappa shape index (κ2) is 5.15. The van der Waals surface area contributed by atoms with Crippen LogP contribution in [0, 0.1) is 11.8 Å². The molecule has 1 aromatic rings. The molecule has 1 N–H and O–H groups in total. The van der Waals surface area contributed by atoms with Crippen LogP contribution in [0.1, 0.15) is 36.7 Å². The molecule has 108 valence electrons. The number of hydrogen-bond donors (Lipinski definition) is 1. The summed E-state index contributed by atoms with van der Waals surface area (Å²) in [5.41, 5.74) is 3.29. The van der Waals surface area contributed by atoms with E-state index in [1.807, 2.05) is 6.07 Å². The molecule has 5 unspecified atom stereocenters. The number of ether oxygens (including phenoxy) is 1.